The topological polar surface area (TPSA) is 40.9 Å². The molecule has 0 radical (unpaired) electrons. The quantitative estimate of drug-likeness (QED) is 0.584. The van der Waals surface area contributed by atoms with E-state index in [9.17, 15) is 4.79 Å². The zero-order valence-corrected chi connectivity index (χ0v) is 11.3. The van der Waals surface area contributed by atoms with Crippen molar-refractivity contribution in [2.24, 2.45) is 5.92 Å². The van der Waals surface area contributed by atoms with Gasteiger partial charge < -0.3 is 4.79 Å². The van der Waals surface area contributed by atoms with E-state index in [1.165, 1.54) is 37.7 Å². The number of aldehydes is 1. The summed E-state index contributed by atoms with van der Waals surface area (Å²) < 4.78 is 0. The fourth-order valence-corrected chi connectivity index (χ4v) is 3.10. The van der Waals surface area contributed by atoms with E-state index in [-0.39, 0.29) is 0 Å². The second-order valence-electron chi connectivity index (χ2n) is 5.55. The number of nitriles is 1. The SMILES string of the molecule is N#Cc1ccc([C@H]2CC[C@H](CCCC=O)CC2)cc1. The molecule has 1 saturated carbocycles. The van der Waals surface area contributed by atoms with Crippen LogP contribution in [0.15, 0.2) is 24.3 Å². The molecule has 0 N–H and O–H groups in total. The Morgan fingerprint density at radius 3 is 2.42 bits per heavy atom. The van der Waals surface area contributed by atoms with Gasteiger partial charge in [-0.05, 0) is 61.6 Å². The second-order valence-corrected chi connectivity index (χ2v) is 5.55. The maximum Gasteiger partial charge on any atom is 0.119 e. The van der Waals surface area contributed by atoms with Crippen molar-refractivity contribution in [3.05, 3.63) is 35.4 Å². The lowest BCUT2D eigenvalue weighted by Crippen LogP contribution is -2.13. The summed E-state index contributed by atoms with van der Waals surface area (Å²) in [6.45, 7) is 0. The Morgan fingerprint density at radius 1 is 1.16 bits per heavy atom. The van der Waals surface area contributed by atoms with Gasteiger partial charge in [-0.1, -0.05) is 18.6 Å². The zero-order valence-electron chi connectivity index (χ0n) is 11.3. The number of hydrogen-bond donors (Lipinski definition) is 0. The van der Waals surface area contributed by atoms with Gasteiger partial charge in [0.1, 0.15) is 6.29 Å². The highest BCUT2D eigenvalue weighted by Crippen LogP contribution is 2.37. The largest absolute Gasteiger partial charge is 0.303 e. The van der Waals surface area contributed by atoms with Crippen molar-refractivity contribution >= 4 is 6.29 Å². The van der Waals surface area contributed by atoms with Crippen LogP contribution in [0.4, 0.5) is 0 Å². The minimum absolute atomic E-state index is 0.662. The van der Waals surface area contributed by atoms with Crippen LogP contribution in [0.1, 0.15) is 62.0 Å². The van der Waals surface area contributed by atoms with Gasteiger partial charge in [0.15, 0.2) is 0 Å². The third-order valence-corrected chi connectivity index (χ3v) is 4.29. The zero-order chi connectivity index (χ0) is 13.5. The first-order valence-electron chi connectivity index (χ1n) is 7.27. The maximum atomic E-state index is 10.3. The van der Waals surface area contributed by atoms with Gasteiger partial charge in [0.2, 0.25) is 0 Å². The molecular weight excluding hydrogens is 234 g/mol. The first-order chi connectivity index (χ1) is 9.33. The average Bonchev–Trinajstić information content (AvgIpc) is 2.48. The minimum atomic E-state index is 0.662. The smallest absolute Gasteiger partial charge is 0.119 e. The lowest BCUT2D eigenvalue weighted by molar-refractivity contribution is -0.108. The van der Waals surface area contributed by atoms with Crippen LogP contribution < -0.4 is 0 Å². The Morgan fingerprint density at radius 2 is 1.84 bits per heavy atom. The highest BCUT2D eigenvalue weighted by atomic mass is 16.1. The van der Waals surface area contributed by atoms with Crippen LogP contribution in [0.2, 0.25) is 0 Å². The van der Waals surface area contributed by atoms with Crippen molar-refractivity contribution in [1.29, 1.82) is 5.26 Å². The van der Waals surface area contributed by atoms with E-state index in [4.69, 9.17) is 5.26 Å². The molecule has 2 heteroatoms. The molecule has 0 atom stereocenters. The lowest BCUT2D eigenvalue weighted by atomic mass is 9.77. The summed E-state index contributed by atoms with van der Waals surface area (Å²) in [6.07, 6.45) is 9.06. The van der Waals surface area contributed by atoms with Gasteiger partial charge in [0.05, 0.1) is 11.6 Å². The molecule has 0 aromatic heterocycles. The van der Waals surface area contributed by atoms with E-state index in [1.807, 2.05) is 12.1 Å². The molecule has 2 rings (SSSR count). The monoisotopic (exact) mass is 255 g/mol. The molecule has 0 amide bonds. The van der Waals surface area contributed by atoms with Crippen molar-refractivity contribution in [2.45, 2.75) is 50.9 Å². The summed E-state index contributed by atoms with van der Waals surface area (Å²) in [7, 11) is 0. The molecular formula is C17H21NO. The molecule has 1 aliphatic carbocycles. The highest BCUT2D eigenvalue weighted by Gasteiger charge is 2.21. The molecule has 0 heterocycles. The number of unbranched alkanes of at least 4 members (excludes halogenated alkanes) is 1. The molecule has 0 unspecified atom stereocenters. The van der Waals surface area contributed by atoms with Gasteiger partial charge in [-0.3, -0.25) is 0 Å². The van der Waals surface area contributed by atoms with Crippen LogP contribution in [0.5, 0.6) is 0 Å². The molecule has 1 aromatic carbocycles. The Labute approximate surface area is 115 Å². The summed E-state index contributed by atoms with van der Waals surface area (Å²) >= 11 is 0. The van der Waals surface area contributed by atoms with Gasteiger partial charge >= 0.3 is 0 Å². The molecule has 0 bridgehead atoms. The van der Waals surface area contributed by atoms with Gasteiger partial charge in [0, 0.05) is 6.42 Å². The number of hydrogen-bond acceptors (Lipinski definition) is 2. The Balaban J connectivity index is 1.82. The van der Waals surface area contributed by atoms with Crippen molar-refractivity contribution in [3.8, 4) is 6.07 Å². The van der Waals surface area contributed by atoms with Crippen molar-refractivity contribution in [3.63, 3.8) is 0 Å². The fraction of sp³-hybridized carbons (Fsp3) is 0.529. The van der Waals surface area contributed by atoms with Crippen molar-refractivity contribution in [2.75, 3.05) is 0 Å². The minimum Gasteiger partial charge on any atom is -0.303 e. The van der Waals surface area contributed by atoms with Crippen LogP contribution in [0.3, 0.4) is 0 Å². The normalized spacial score (nSPS) is 22.7. The molecule has 100 valence electrons. The molecule has 0 aliphatic heterocycles. The molecule has 1 aliphatic rings. The number of carbonyl (C=O) groups excluding carboxylic acids is 1. The van der Waals surface area contributed by atoms with Crippen LogP contribution in [-0.2, 0) is 4.79 Å². The molecule has 1 fully saturated rings. The summed E-state index contributed by atoms with van der Waals surface area (Å²) in [6, 6.07) is 10.2. The van der Waals surface area contributed by atoms with E-state index < -0.39 is 0 Å². The van der Waals surface area contributed by atoms with E-state index >= 15 is 0 Å². The highest BCUT2D eigenvalue weighted by molar-refractivity contribution is 5.48. The standard InChI is InChI=1S/C17H21NO/c18-13-15-6-10-17(11-7-15)16-8-4-14(5-9-16)3-1-2-12-19/h6-7,10-12,14,16H,1-5,8-9H2/t14-,16-. The average molecular weight is 255 g/mol. The molecule has 2 nitrogen and oxygen atoms in total. The fourth-order valence-electron chi connectivity index (χ4n) is 3.10. The predicted molar refractivity (Wildman–Crippen MR) is 75.8 cm³/mol. The Hall–Kier alpha value is -1.62. The second kappa shape index (κ2) is 7.09. The van der Waals surface area contributed by atoms with Crippen LogP contribution in [-0.4, -0.2) is 6.29 Å². The van der Waals surface area contributed by atoms with Gasteiger partial charge in [0.25, 0.3) is 0 Å². The summed E-state index contributed by atoms with van der Waals surface area (Å²) in [5.41, 5.74) is 2.12. The van der Waals surface area contributed by atoms with Gasteiger partial charge in [-0.2, -0.15) is 5.26 Å². The van der Waals surface area contributed by atoms with Gasteiger partial charge in [-0.15, -0.1) is 0 Å². The van der Waals surface area contributed by atoms with Crippen molar-refractivity contribution < 1.29 is 4.79 Å². The molecule has 0 spiro atoms. The van der Waals surface area contributed by atoms with E-state index in [2.05, 4.69) is 18.2 Å². The van der Waals surface area contributed by atoms with Crippen LogP contribution >= 0.6 is 0 Å². The number of benzene rings is 1. The Bertz CT molecular complexity index is 435. The first-order valence-corrected chi connectivity index (χ1v) is 7.27. The van der Waals surface area contributed by atoms with E-state index in [0.717, 1.165) is 30.6 Å². The summed E-state index contributed by atoms with van der Waals surface area (Å²) in [4.78, 5) is 10.3. The summed E-state index contributed by atoms with van der Waals surface area (Å²) in [5.74, 6) is 1.48. The number of carbonyl (C=O) groups is 1. The predicted octanol–water partition coefficient (Wildman–Crippen LogP) is 4.20. The molecule has 1 aromatic rings. The van der Waals surface area contributed by atoms with Crippen LogP contribution in [0, 0.1) is 17.2 Å². The third-order valence-electron chi connectivity index (χ3n) is 4.29. The van der Waals surface area contributed by atoms with Crippen molar-refractivity contribution in [1.82, 2.24) is 0 Å². The number of rotatable bonds is 5. The first kappa shape index (κ1) is 13.8. The van der Waals surface area contributed by atoms with Gasteiger partial charge in [-0.25, -0.2) is 0 Å². The summed E-state index contributed by atoms with van der Waals surface area (Å²) in [5, 5.41) is 8.80. The maximum absolute atomic E-state index is 10.3. The lowest BCUT2D eigenvalue weighted by Gasteiger charge is -2.28. The third kappa shape index (κ3) is 3.92. The molecule has 19 heavy (non-hydrogen) atoms. The molecule has 0 saturated heterocycles. The number of nitrogens with zero attached hydrogens (tertiary/aromatic N) is 1. The van der Waals surface area contributed by atoms with E-state index in [0.29, 0.717) is 5.92 Å². The van der Waals surface area contributed by atoms with Crippen LogP contribution in [0.25, 0.3) is 0 Å². The van der Waals surface area contributed by atoms with E-state index in [1.54, 1.807) is 0 Å². The Kier molecular flexibility index (Phi) is 5.15.